The van der Waals surface area contributed by atoms with Crippen molar-refractivity contribution in [2.45, 2.75) is 38.1 Å². The lowest BCUT2D eigenvalue weighted by Crippen LogP contribution is -2.49. The molecule has 2 aliphatic rings. The van der Waals surface area contributed by atoms with Gasteiger partial charge in [0.2, 0.25) is 0 Å². The maximum Gasteiger partial charge on any atom is 0.125 e. The molecule has 3 rings (SSSR count). The molecule has 0 aromatic heterocycles. The number of hydrogen-bond donors (Lipinski definition) is 1. The van der Waals surface area contributed by atoms with E-state index in [0.29, 0.717) is 6.54 Å². The summed E-state index contributed by atoms with van der Waals surface area (Å²) in [6.45, 7) is 4.78. The molecule has 1 aliphatic heterocycles. The van der Waals surface area contributed by atoms with E-state index in [4.69, 9.17) is 5.73 Å². The van der Waals surface area contributed by atoms with E-state index in [0.717, 1.165) is 49.9 Å². The zero-order valence-corrected chi connectivity index (χ0v) is 12.7. The molecule has 0 bridgehead atoms. The Labute approximate surface area is 126 Å². The topological polar surface area (TPSA) is 32.5 Å². The average molecular weight is 291 g/mol. The SMILES string of the molecule is NCCc1cc(F)cc(N2CCN(C3CCCC3)CC2)c1. The van der Waals surface area contributed by atoms with Gasteiger partial charge >= 0.3 is 0 Å². The van der Waals surface area contributed by atoms with Gasteiger partial charge in [0, 0.05) is 37.9 Å². The largest absolute Gasteiger partial charge is 0.369 e. The minimum atomic E-state index is -0.144. The fraction of sp³-hybridized carbons (Fsp3) is 0.647. The molecule has 1 aromatic rings. The molecule has 0 radical (unpaired) electrons. The van der Waals surface area contributed by atoms with E-state index < -0.39 is 0 Å². The fourth-order valence-electron chi connectivity index (χ4n) is 3.74. The smallest absolute Gasteiger partial charge is 0.125 e. The Kier molecular flexibility index (Phi) is 4.76. The number of rotatable bonds is 4. The second-order valence-electron chi connectivity index (χ2n) is 6.32. The van der Waals surface area contributed by atoms with Gasteiger partial charge in [-0.15, -0.1) is 0 Å². The molecule has 1 aromatic carbocycles. The van der Waals surface area contributed by atoms with Gasteiger partial charge in [0.25, 0.3) is 0 Å². The van der Waals surface area contributed by atoms with Crippen molar-refractivity contribution in [3.05, 3.63) is 29.6 Å². The first kappa shape index (κ1) is 14.8. The fourth-order valence-corrected chi connectivity index (χ4v) is 3.74. The zero-order chi connectivity index (χ0) is 14.7. The first-order valence-electron chi connectivity index (χ1n) is 8.25. The molecular weight excluding hydrogens is 265 g/mol. The van der Waals surface area contributed by atoms with Gasteiger partial charge in [-0.05, 0) is 49.6 Å². The van der Waals surface area contributed by atoms with Crippen molar-refractivity contribution in [1.29, 1.82) is 0 Å². The molecule has 0 amide bonds. The average Bonchev–Trinajstić information content (AvgIpc) is 3.01. The molecule has 2 fully saturated rings. The summed E-state index contributed by atoms with van der Waals surface area (Å²) >= 11 is 0. The van der Waals surface area contributed by atoms with Gasteiger partial charge in [0.1, 0.15) is 5.82 Å². The van der Waals surface area contributed by atoms with Crippen LogP contribution in [-0.4, -0.2) is 43.7 Å². The van der Waals surface area contributed by atoms with Crippen molar-refractivity contribution in [1.82, 2.24) is 4.90 Å². The van der Waals surface area contributed by atoms with Gasteiger partial charge in [0.05, 0.1) is 0 Å². The first-order valence-corrected chi connectivity index (χ1v) is 8.25. The standard InChI is InChI=1S/C17H26FN3/c18-15-11-14(5-6-19)12-17(13-15)21-9-7-20(8-10-21)16-3-1-2-4-16/h11-13,16H,1-10,19H2. The molecule has 0 atom stereocenters. The monoisotopic (exact) mass is 291 g/mol. The van der Waals surface area contributed by atoms with Crippen LogP contribution >= 0.6 is 0 Å². The van der Waals surface area contributed by atoms with Crippen LogP contribution in [-0.2, 0) is 6.42 Å². The highest BCUT2D eigenvalue weighted by Crippen LogP contribution is 2.26. The van der Waals surface area contributed by atoms with Gasteiger partial charge in [-0.25, -0.2) is 4.39 Å². The lowest BCUT2D eigenvalue weighted by molar-refractivity contribution is 0.187. The molecule has 0 spiro atoms. The van der Waals surface area contributed by atoms with E-state index in [2.05, 4.69) is 15.9 Å². The second kappa shape index (κ2) is 6.75. The summed E-state index contributed by atoms with van der Waals surface area (Å²) in [6, 6.07) is 6.16. The summed E-state index contributed by atoms with van der Waals surface area (Å²) in [7, 11) is 0. The van der Waals surface area contributed by atoms with E-state index >= 15 is 0 Å². The van der Waals surface area contributed by atoms with Crippen LogP contribution in [0.5, 0.6) is 0 Å². The van der Waals surface area contributed by atoms with Crippen molar-refractivity contribution in [2.24, 2.45) is 5.73 Å². The summed E-state index contributed by atoms with van der Waals surface area (Å²) in [6.07, 6.45) is 6.24. The van der Waals surface area contributed by atoms with E-state index in [9.17, 15) is 4.39 Å². The minimum Gasteiger partial charge on any atom is -0.369 e. The summed E-state index contributed by atoms with van der Waals surface area (Å²) < 4.78 is 13.8. The number of nitrogens with zero attached hydrogens (tertiary/aromatic N) is 2. The summed E-state index contributed by atoms with van der Waals surface area (Å²) in [5.41, 5.74) is 7.61. The van der Waals surface area contributed by atoms with Crippen LogP contribution in [0.15, 0.2) is 18.2 Å². The third-order valence-corrected chi connectivity index (χ3v) is 4.90. The molecule has 4 heteroatoms. The Morgan fingerprint density at radius 2 is 1.76 bits per heavy atom. The maximum absolute atomic E-state index is 13.8. The predicted octanol–water partition coefficient (Wildman–Crippen LogP) is 2.39. The van der Waals surface area contributed by atoms with Gasteiger partial charge in [-0.3, -0.25) is 4.90 Å². The van der Waals surface area contributed by atoms with Crippen molar-refractivity contribution in [3.8, 4) is 0 Å². The van der Waals surface area contributed by atoms with Gasteiger partial charge in [-0.2, -0.15) is 0 Å². The second-order valence-corrected chi connectivity index (χ2v) is 6.32. The molecule has 3 nitrogen and oxygen atoms in total. The van der Waals surface area contributed by atoms with Crippen LogP contribution in [0.2, 0.25) is 0 Å². The van der Waals surface area contributed by atoms with E-state index in [1.165, 1.54) is 25.7 Å². The Morgan fingerprint density at radius 1 is 1.05 bits per heavy atom. The van der Waals surface area contributed by atoms with Crippen molar-refractivity contribution in [3.63, 3.8) is 0 Å². The third-order valence-electron chi connectivity index (χ3n) is 4.90. The van der Waals surface area contributed by atoms with Crippen molar-refractivity contribution in [2.75, 3.05) is 37.6 Å². The lowest BCUT2D eigenvalue weighted by atomic mass is 10.1. The van der Waals surface area contributed by atoms with Crippen LogP contribution in [0.1, 0.15) is 31.2 Å². The normalized spacial score (nSPS) is 21.1. The van der Waals surface area contributed by atoms with Crippen molar-refractivity contribution < 1.29 is 4.39 Å². The molecular formula is C17H26FN3. The number of halogens is 1. The maximum atomic E-state index is 13.8. The molecule has 1 heterocycles. The van der Waals surface area contributed by atoms with Crippen LogP contribution in [0, 0.1) is 5.82 Å². The third kappa shape index (κ3) is 3.55. The Bertz CT molecular complexity index is 463. The lowest BCUT2D eigenvalue weighted by Gasteiger charge is -2.39. The highest BCUT2D eigenvalue weighted by molar-refractivity contribution is 5.49. The Hall–Kier alpha value is -1.13. The van der Waals surface area contributed by atoms with Gasteiger partial charge in [-0.1, -0.05) is 12.8 Å². The van der Waals surface area contributed by atoms with Gasteiger partial charge < -0.3 is 10.6 Å². The molecule has 1 aliphatic carbocycles. The number of benzene rings is 1. The van der Waals surface area contributed by atoms with E-state index in [1.54, 1.807) is 12.1 Å². The number of piperazine rings is 1. The quantitative estimate of drug-likeness (QED) is 0.924. The van der Waals surface area contributed by atoms with Crippen LogP contribution < -0.4 is 10.6 Å². The van der Waals surface area contributed by atoms with Crippen LogP contribution in [0.4, 0.5) is 10.1 Å². The first-order chi connectivity index (χ1) is 10.3. The molecule has 1 saturated heterocycles. The Morgan fingerprint density at radius 3 is 2.43 bits per heavy atom. The van der Waals surface area contributed by atoms with Crippen LogP contribution in [0.3, 0.4) is 0 Å². The molecule has 116 valence electrons. The number of anilines is 1. The summed E-state index contributed by atoms with van der Waals surface area (Å²) in [4.78, 5) is 4.94. The number of hydrogen-bond acceptors (Lipinski definition) is 3. The van der Waals surface area contributed by atoms with Crippen LogP contribution in [0.25, 0.3) is 0 Å². The summed E-state index contributed by atoms with van der Waals surface area (Å²) in [5.74, 6) is -0.144. The number of nitrogens with two attached hydrogens (primary N) is 1. The highest BCUT2D eigenvalue weighted by Gasteiger charge is 2.26. The van der Waals surface area contributed by atoms with E-state index in [1.807, 2.05) is 0 Å². The van der Waals surface area contributed by atoms with E-state index in [-0.39, 0.29) is 5.82 Å². The minimum absolute atomic E-state index is 0.144. The zero-order valence-electron chi connectivity index (χ0n) is 12.7. The Balaban J connectivity index is 1.63. The molecule has 2 N–H and O–H groups in total. The molecule has 1 saturated carbocycles. The molecule has 21 heavy (non-hydrogen) atoms. The van der Waals surface area contributed by atoms with Gasteiger partial charge in [0.15, 0.2) is 0 Å². The predicted molar refractivity (Wildman–Crippen MR) is 85.2 cm³/mol. The van der Waals surface area contributed by atoms with Crippen molar-refractivity contribution >= 4 is 5.69 Å². The highest BCUT2D eigenvalue weighted by atomic mass is 19.1. The summed E-state index contributed by atoms with van der Waals surface area (Å²) in [5, 5.41) is 0. The molecule has 0 unspecified atom stereocenters.